The van der Waals surface area contributed by atoms with Crippen LogP contribution in [-0.2, 0) is 0 Å². The molecular formula is C29H23N2P. The molecule has 0 saturated carbocycles. The van der Waals surface area contributed by atoms with Crippen LogP contribution in [0, 0.1) is 0 Å². The van der Waals surface area contributed by atoms with E-state index in [2.05, 4.69) is 120 Å². The molecule has 0 aliphatic carbocycles. The minimum absolute atomic E-state index is 0.979. The second-order valence-electron chi connectivity index (χ2n) is 7.52. The van der Waals surface area contributed by atoms with Gasteiger partial charge in [-0.1, -0.05) is 103 Å². The van der Waals surface area contributed by atoms with Crippen LogP contribution in [0.5, 0.6) is 0 Å². The van der Waals surface area contributed by atoms with Crippen molar-refractivity contribution in [2.45, 2.75) is 0 Å². The van der Waals surface area contributed by atoms with E-state index in [-0.39, 0.29) is 0 Å². The Hall–Kier alpha value is -3.74. The van der Waals surface area contributed by atoms with Gasteiger partial charge in [-0.25, -0.2) is 0 Å². The van der Waals surface area contributed by atoms with E-state index in [1.54, 1.807) is 0 Å². The number of nitrogens with zero attached hydrogens (tertiary/aromatic N) is 2. The lowest BCUT2D eigenvalue weighted by atomic mass is 10.1. The average molecular weight is 430 g/mol. The van der Waals surface area contributed by atoms with Gasteiger partial charge >= 0.3 is 0 Å². The normalized spacial score (nSPS) is 11.1. The van der Waals surface area contributed by atoms with Crippen LogP contribution in [0.1, 0.15) is 0 Å². The lowest BCUT2D eigenvalue weighted by Gasteiger charge is -2.27. The molecule has 1 aromatic heterocycles. The molecule has 0 amide bonds. The van der Waals surface area contributed by atoms with Gasteiger partial charge < -0.3 is 0 Å². The van der Waals surface area contributed by atoms with Crippen LogP contribution >= 0.6 is 7.05 Å². The SMILES string of the molecule is c1ccc(P(=Nc2ccc(-c3ccncc3)cc2)(c2ccccc2)c2ccccc2)cc1. The van der Waals surface area contributed by atoms with Crippen molar-refractivity contribution in [3.05, 3.63) is 140 Å². The first-order chi connectivity index (χ1) is 15.9. The number of aromatic nitrogens is 1. The largest absolute Gasteiger partial charge is 0.265 e. The molecule has 0 N–H and O–H groups in total. The van der Waals surface area contributed by atoms with Gasteiger partial charge in [-0.05, 0) is 35.4 Å². The van der Waals surface area contributed by atoms with Gasteiger partial charge in [-0.2, -0.15) is 0 Å². The summed E-state index contributed by atoms with van der Waals surface area (Å²) in [7, 11) is -2.25. The van der Waals surface area contributed by atoms with E-state index < -0.39 is 7.05 Å². The minimum Gasteiger partial charge on any atom is -0.265 e. The van der Waals surface area contributed by atoms with Gasteiger partial charge in [0.05, 0.1) is 12.7 Å². The van der Waals surface area contributed by atoms with Gasteiger partial charge in [0.25, 0.3) is 0 Å². The van der Waals surface area contributed by atoms with Crippen LogP contribution in [0.4, 0.5) is 5.69 Å². The molecule has 4 aromatic carbocycles. The lowest BCUT2D eigenvalue weighted by Crippen LogP contribution is -2.25. The summed E-state index contributed by atoms with van der Waals surface area (Å²) in [6, 6.07) is 44.7. The quantitative estimate of drug-likeness (QED) is 0.290. The summed E-state index contributed by atoms with van der Waals surface area (Å²) in [4.78, 5) is 4.12. The van der Waals surface area contributed by atoms with Crippen LogP contribution < -0.4 is 15.9 Å². The predicted octanol–water partition coefficient (Wildman–Crippen LogP) is 6.56. The molecule has 5 rings (SSSR count). The maximum absolute atomic E-state index is 5.53. The van der Waals surface area contributed by atoms with E-state index in [4.69, 9.17) is 4.74 Å². The van der Waals surface area contributed by atoms with E-state index in [1.807, 2.05) is 24.5 Å². The fourth-order valence-electron chi connectivity index (χ4n) is 3.99. The van der Waals surface area contributed by atoms with Gasteiger partial charge in [0.1, 0.15) is 0 Å². The highest BCUT2D eigenvalue weighted by atomic mass is 31.2. The predicted molar refractivity (Wildman–Crippen MR) is 137 cm³/mol. The molecule has 0 atom stereocenters. The van der Waals surface area contributed by atoms with E-state index in [9.17, 15) is 0 Å². The lowest BCUT2D eigenvalue weighted by molar-refractivity contribution is 1.33. The molecule has 154 valence electrons. The van der Waals surface area contributed by atoms with Crippen molar-refractivity contribution in [3.8, 4) is 11.1 Å². The minimum atomic E-state index is -2.25. The maximum atomic E-state index is 5.53. The Labute approximate surface area is 189 Å². The molecule has 0 radical (unpaired) electrons. The second-order valence-corrected chi connectivity index (χ2v) is 10.5. The van der Waals surface area contributed by atoms with E-state index in [0.717, 1.165) is 16.8 Å². The number of hydrogen-bond donors (Lipinski definition) is 0. The molecule has 32 heavy (non-hydrogen) atoms. The summed E-state index contributed by atoms with van der Waals surface area (Å²) in [5, 5.41) is 3.74. The molecule has 0 aliphatic heterocycles. The first-order valence-corrected chi connectivity index (χ1v) is 12.4. The van der Waals surface area contributed by atoms with Gasteiger partial charge in [-0.15, -0.1) is 0 Å². The van der Waals surface area contributed by atoms with Crippen molar-refractivity contribution < 1.29 is 0 Å². The molecule has 3 heteroatoms. The highest BCUT2D eigenvalue weighted by Gasteiger charge is 2.27. The second kappa shape index (κ2) is 9.18. The Morgan fingerprint density at radius 1 is 0.438 bits per heavy atom. The third kappa shape index (κ3) is 3.93. The van der Waals surface area contributed by atoms with Crippen molar-refractivity contribution in [2.24, 2.45) is 4.74 Å². The highest BCUT2D eigenvalue weighted by molar-refractivity contribution is 7.87. The molecule has 0 fully saturated rings. The van der Waals surface area contributed by atoms with Crippen LogP contribution in [0.3, 0.4) is 0 Å². The summed E-state index contributed by atoms with van der Waals surface area (Å²) in [5.41, 5.74) is 3.30. The Bertz CT molecular complexity index is 1230. The van der Waals surface area contributed by atoms with Crippen molar-refractivity contribution in [3.63, 3.8) is 0 Å². The molecule has 0 bridgehead atoms. The fourth-order valence-corrected chi connectivity index (χ4v) is 7.52. The topological polar surface area (TPSA) is 25.2 Å². The third-order valence-corrected chi connectivity index (χ3v) is 9.20. The Balaban J connectivity index is 1.76. The Morgan fingerprint density at radius 3 is 1.28 bits per heavy atom. The molecule has 0 saturated heterocycles. The van der Waals surface area contributed by atoms with Gasteiger partial charge in [0.15, 0.2) is 0 Å². The van der Waals surface area contributed by atoms with Crippen LogP contribution in [-0.4, -0.2) is 4.98 Å². The van der Waals surface area contributed by atoms with E-state index in [0.29, 0.717) is 0 Å². The van der Waals surface area contributed by atoms with Gasteiger partial charge in [-0.3, -0.25) is 9.73 Å². The van der Waals surface area contributed by atoms with Crippen LogP contribution in [0.15, 0.2) is 145 Å². The number of pyridine rings is 1. The molecule has 0 spiro atoms. The third-order valence-electron chi connectivity index (χ3n) is 5.54. The summed E-state index contributed by atoms with van der Waals surface area (Å²) < 4.78 is 5.53. The zero-order chi connectivity index (χ0) is 21.6. The van der Waals surface area contributed by atoms with Gasteiger partial charge in [0.2, 0.25) is 0 Å². The number of rotatable bonds is 5. The molecule has 0 unspecified atom stereocenters. The first kappa shape index (κ1) is 20.2. The standard InChI is InChI=1S/C29H23N2P/c1-4-10-27(11-5-1)32(28-12-6-2-7-13-28,29-14-8-3-9-15-29)31-26-18-16-24(17-19-26)25-20-22-30-23-21-25/h1-23H. The number of benzene rings is 4. The average Bonchev–Trinajstić information content (AvgIpc) is 2.90. The smallest absolute Gasteiger partial charge is 0.0625 e. The zero-order valence-electron chi connectivity index (χ0n) is 17.6. The Morgan fingerprint density at radius 2 is 0.844 bits per heavy atom. The summed E-state index contributed by atoms with van der Waals surface area (Å²) >= 11 is 0. The van der Waals surface area contributed by atoms with Crippen molar-refractivity contribution >= 4 is 28.7 Å². The monoisotopic (exact) mass is 430 g/mol. The zero-order valence-corrected chi connectivity index (χ0v) is 18.5. The molecule has 0 aliphatic rings. The summed E-state index contributed by atoms with van der Waals surface area (Å²) in [6.07, 6.45) is 3.65. The summed E-state index contributed by atoms with van der Waals surface area (Å²) in [5.74, 6) is 0. The maximum Gasteiger partial charge on any atom is 0.0625 e. The Kier molecular flexibility index (Phi) is 5.79. The molecule has 1 heterocycles. The highest BCUT2D eigenvalue weighted by Crippen LogP contribution is 2.49. The molecule has 5 aromatic rings. The summed E-state index contributed by atoms with van der Waals surface area (Å²) in [6.45, 7) is 0. The molecule has 2 nitrogen and oxygen atoms in total. The van der Waals surface area contributed by atoms with Gasteiger partial charge in [0, 0.05) is 28.3 Å². The molecular weight excluding hydrogens is 407 g/mol. The first-order valence-electron chi connectivity index (χ1n) is 10.7. The van der Waals surface area contributed by atoms with E-state index >= 15 is 0 Å². The number of hydrogen-bond acceptors (Lipinski definition) is 2. The van der Waals surface area contributed by atoms with Crippen LogP contribution in [0.25, 0.3) is 11.1 Å². The van der Waals surface area contributed by atoms with Crippen molar-refractivity contribution in [1.29, 1.82) is 0 Å². The van der Waals surface area contributed by atoms with E-state index in [1.165, 1.54) is 15.9 Å². The van der Waals surface area contributed by atoms with Crippen molar-refractivity contribution in [2.75, 3.05) is 0 Å². The fraction of sp³-hybridized carbons (Fsp3) is 0. The van der Waals surface area contributed by atoms with Crippen LogP contribution in [0.2, 0.25) is 0 Å². The van der Waals surface area contributed by atoms with Crippen molar-refractivity contribution in [1.82, 2.24) is 4.98 Å².